The van der Waals surface area contributed by atoms with Crippen LogP contribution in [-0.4, -0.2) is 74.2 Å². The molecule has 2 N–H and O–H groups in total. The third-order valence-electron chi connectivity index (χ3n) is 5.04. The first-order valence-corrected chi connectivity index (χ1v) is 10.8. The molecule has 148 valence electrons. The number of morpholine rings is 1. The van der Waals surface area contributed by atoms with Gasteiger partial charge in [0.1, 0.15) is 0 Å². The molecule has 3 rings (SSSR count). The van der Waals surface area contributed by atoms with E-state index < -0.39 is 0 Å². The Morgan fingerprint density at radius 2 is 2.07 bits per heavy atom. The van der Waals surface area contributed by atoms with Gasteiger partial charge >= 0.3 is 0 Å². The highest BCUT2D eigenvalue weighted by Crippen LogP contribution is 2.25. The van der Waals surface area contributed by atoms with Gasteiger partial charge in [-0.15, -0.1) is 0 Å². The van der Waals surface area contributed by atoms with Crippen LogP contribution in [0.2, 0.25) is 0 Å². The molecule has 6 nitrogen and oxygen atoms in total. The molecule has 2 saturated heterocycles. The van der Waals surface area contributed by atoms with E-state index in [4.69, 9.17) is 4.74 Å². The zero-order chi connectivity index (χ0) is 18.9. The Bertz CT molecular complexity index is 614. The Kier molecular flexibility index (Phi) is 7.83. The Labute approximate surface area is 166 Å². The third kappa shape index (κ3) is 5.87. The topological polar surface area (TPSA) is 66.0 Å². The van der Waals surface area contributed by atoms with E-state index in [0.717, 1.165) is 18.1 Å². The molecule has 7 heteroatoms. The minimum atomic E-state index is -0.233. The normalized spacial score (nSPS) is 21.7. The van der Waals surface area contributed by atoms with Gasteiger partial charge in [-0.25, -0.2) is 0 Å². The average molecular weight is 391 g/mol. The van der Waals surface area contributed by atoms with Gasteiger partial charge in [0, 0.05) is 38.5 Å². The second kappa shape index (κ2) is 10.6. The number of thioether (sulfide) groups is 1. The molecule has 0 aromatic heterocycles. The molecule has 2 aliphatic heterocycles. The maximum Gasteiger partial charge on any atom is 0.232 e. The van der Waals surface area contributed by atoms with Crippen molar-refractivity contribution in [1.29, 1.82) is 0 Å². The van der Waals surface area contributed by atoms with Crippen molar-refractivity contribution in [2.24, 2.45) is 4.99 Å². The number of carbonyl (C=O) groups is 1. The average Bonchev–Trinajstić information content (AvgIpc) is 3.25. The van der Waals surface area contributed by atoms with E-state index in [-0.39, 0.29) is 11.8 Å². The van der Waals surface area contributed by atoms with Crippen LogP contribution in [0.4, 0.5) is 0 Å². The van der Waals surface area contributed by atoms with Crippen molar-refractivity contribution in [3.05, 3.63) is 35.9 Å². The Morgan fingerprint density at radius 1 is 1.30 bits per heavy atom. The second-order valence-corrected chi connectivity index (χ2v) is 8.28. The van der Waals surface area contributed by atoms with Crippen LogP contribution in [0.3, 0.4) is 0 Å². The molecule has 1 aromatic carbocycles. The summed E-state index contributed by atoms with van der Waals surface area (Å²) < 4.78 is 5.39. The van der Waals surface area contributed by atoms with Crippen molar-refractivity contribution in [1.82, 2.24) is 15.5 Å². The van der Waals surface area contributed by atoms with Crippen molar-refractivity contribution < 1.29 is 9.53 Å². The number of ether oxygens (including phenoxy) is 1. The number of guanidine groups is 1. The van der Waals surface area contributed by atoms with Gasteiger partial charge in [-0.3, -0.25) is 9.79 Å². The van der Waals surface area contributed by atoms with E-state index in [2.05, 4.69) is 15.6 Å². The van der Waals surface area contributed by atoms with Crippen LogP contribution in [0, 0.1) is 0 Å². The summed E-state index contributed by atoms with van der Waals surface area (Å²) in [6.45, 7) is 3.99. The van der Waals surface area contributed by atoms with Crippen molar-refractivity contribution in [2.75, 3.05) is 52.2 Å². The van der Waals surface area contributed by atoms with E-state index >= 15 is 0 Å². The number of hydrogen-bond donors (Lipinski definition) is 2. The lowest BCUT2D eigenvalue weighted by atomic mass is 9.97. The summed E-state index contributed by atoms with van der Waals surface area (Å²) in [4.78, 5) is 19.4. The molecule has 0 bridgehead atoms. The minimum Gasteiger partial charge on any atom is -0.378 e. The van der Waals surface area contributed by atoms with Gasteiger partial charge in [-0.1, -0.05) is 30.3 Å². The van der Waals surface area contributed by atoms with Crippen LogP contribution in [0.5, 0.6) is 0 Å². The predicted octanol–water partition coefficient (Wildman–Crippen LogP) is 1.69. The van der Waals surface area contributed by atoms with Crippen LogP contribution in [-0.2, 0) is 9.53 Å². The minimum absolute atomic E-state index is 0.152. The van der Waals surface area contributed by atoms with Crippen molar-refractivity contribution >= 4 is 23.6 Å². The van der Waals surface area contributed by atoms with Gasteiger partial charge in [-0.05, 0) is 24.2 Å². The zero-order valence-electron chi connectivity index (χ0n) is 16.0. The van der Waals surface area contributed by atoms with Gasteiger partial charge in [0.05, 0.1) is 19.1 Å². The van der Waals surface area contributed by atoms with Gasteiger partial charge in [0.2, 0.25) is 5.91 Å². The summed E-state index contributed by atoms with van der Waals surface area (Å²) in [7, 11) is 1.78. The van der Waals surface area contributed by atoms with E-state index in [1.165, 1.54) is 18.6 Å². The number of nitrogens with zero attached hydrogens (tertiary/aromatic N) is 2. The van der Waals surface area contributed by atoms with E-state index in [0.29, 0.717) is 38.1 Å². The van der Waals surface area contributed by atoms with E-state index in [1.807, 2.05) is 47.0 Å². The number of benzene rings is 1. The van der Waals surface area contributed by atoms with Gasteiger partial charge in [0.15, 0.2) is 5.96 Å². The molecule has 0 aliphatic carbocycles. The van der Waals surface area contributed by atoms with Crippen molar-refractivity contribution in [2.45, 2.75) is 24.0 Å². The highest BCUT2D eigenvalue weighted by molar-refractivity contribution is 8.00. The molecule has 2 aliphatic rings. The molecule has 2 fully saturated rings. The summed E-state index contributed by atoms with van der Waals surface area (Å²) >= 11 is 2.02. The highest BCUT2D eigenvalue weighted by atomic mass is 32.2. The standard InChI is InChI=1S/C20H30N4O2S/c1-21-20(22-14-17-8-5-13-27-17)23-15-18(16-6-3-2-4-7-16)19(25)24-9-11-26-12-10-24/h2-4,6-7,17-18H,5,8-15H2,1H3,(H2,21,22,23). The lowest BCUT2D eigenvalue weighted by molar-refractivity contribution is -0.136. The SMILES string of the molecule is CN=C(NCC1CCCS1)NCC(C(=O)N1CCOCC1)c1ccccc1. The fraction of sp³-hybridized carbons (Fsp3) is 0.600. The quantitative estimate of drug-likeness (QED) is 0.572. The monoisotopic (exact) mass is 390 g/mol. The Balaban J connectivity index is 1.60. The second-order valence-electron chi connectivity index (χ2n) is 6.87. The molecule has 0 saturated carbocycles. The van der Waals surface area contributed by atoms with Crippen LogP contribution in [0.15, 0.2) is 35.3 Å². The summed E-state index contributed by atoms with van der Waals surface area (Å²) in [6.07, 6.45) is 2.56. The largest absolute Gasteiger partial charge is 0.378 e. The zero-order valence-corrected chi connectivity index (χ0v) is 16.8. The molecule has 1 aromatic rings. The molecule has 2 atom stereocenters. The lowest BCUT2D eigenvalue weighted by Crippen LogP contribution is -2.47. The van der Waals surface area contributed by atoms with Crippen LogP contribution < -0.4 is 10.6 Å². The number of carbonyl (C=O) groups excluding carboxylic acids is 1. The molecule has 2 unspecified atom stereocenters. The van der Waals surface area contributed by atoms with Crippen LogP contribution in [0.25, 0.3) is 0 Å². The maximum absolute atomic E-state index is 13.1. The van der Waals surface area contributed by atoms with Crippen LogP contribution in [0.1, 0.15) is 24.3 Å². The number of nitrogens with one attached hydrogen (secondary N) is 2. The first kappa shape index (κ1) is 20.0. The fourth-order valence-corrected chi connectivity index (χ4v) is 4.67. The molecular formula is C20H30N4O2S. The predicted molar refractivity (Wildman–Crippen MR) is 111 cm³/mol. The Hall–Kier alpha value is -1.73. The summed E-state index contributed by atoms with van der Waals surface area (Å²) in [6, 6.07) is 10.00. The van der Waals surface area contributed by atoms with Crippen molar-refractivity contribution in [3.63, 3.8) is 0 Å². The summed E-state index contributed by atoms with van der Waals surface area (Å²) in [5.74, 6) is 1.93. The van der Waals surface area contributed by atoms with E-state index in [9.17, 15) is 4.79 Å². The Morgan fingerprint density at radius 3 is 2.74 bits per heavy atom. The van der Waals surface area contributed by atoms with E-state index in [1.54, 1.807) is 7.05 Å². The molecular weight excluding hydrogens is 360 g/mol. The fourth-order valence-electron chi connectivity index (χ4n) is 3.47. The number of hydrogen-bond acceptors (Lipinski definition) is 4. The first-order valence-electron chi connectivity index (χ1n) is 9.75. The molecule has 1 amide bonds. The van der Waals surface area contributed by atoms with Gasteiger partial charge in [-0.2, -0.15) is 11.8 Å². The first-order chi connectivity index (χ1) is 13.3. The molecule has 27 heavy (non-hydrogen) atoms. The molecule has 2 heterocycles. The van der Waals surface area contributed by atoms with Gasteiger partial charge in [0.25, 0.3) is 0 Å². The highest BCUT2D eigenvalue weighted by Gasteiger charge is 2.27. The lowest BCUT2D eigenvalue weighted by Gasteiger charge is -2.31. The molecule has 0 radical (unpaired) electrons. The third-order valence-corrected chi connectivity index (χ3v) is 6.44. The summed E-state index contributed by atoms with van der Waals surface area (Å²) in [5, 5.41) is 7.43. The maximum atomic E-state index is 13.1. The van der Waals surface area contributed by atoms with Gasteiger partial charge < -0.3 is 20.3 Å². The van der Waals surface area contributed by atoms with Crippen LogP contribution >= 0.6 is 11.8 Å². The van der Waals surface area contributed by atoms with Crippen molar-refractivity contribution in [3.8, 4) is 0 Å². The number of aliphatic imine (C=N–C) groups is 1. The smallest absolute Gasteiger partial charge is 0.232 e. The summed E-state index contributed by atoms with van der Waals surface area (Å²) in [5.41, 5.74) is 1.03. The number of rotatable bonds is 6. The number of amides is 1. The molecule has 0 spiro atoms.